The quantitative estimate of drug-likeness (QED) is 0.405. The Kier molecular flexibility index (Phi) is 9.01. The maximum Gasteiger partial charge on any atom is 0.254 e. The van der Waals surface area contributed by atoms with Gasteiger partial charge in [-0.25, -0.2) is 4.39 Å². The van der Waals surface area contributed by atoms with Crippen LogP contribution in [0, 0.1) is 5.82 Å². The second-order valence-electron chi connectivity index (χ2n) is 8.94. The van der Waals surface area contributed by atoms with E-state index in [0.717, 1.165) is 5.56 Å². The van der Waals surface area contributed by atoms with Crippen LogP contribution in [0.1, 0.15) is 49.5 Å². The van der Waals surface area contributed by atoms with Crippen LogP contribution in [0.4, 0.5) is 15.8 Å². The summed E-state index contributed by atoms with van der Waals surface area (Å²) in [6, 6.07) is 12.1. The van der Waals surface area contributed by atoms with Crippen molar-refractivity contribution in [3.63, 3.8) is 0 Å². The molecule has 8 heteroatoms. The summed E-state index contributed by atoms with van der Waals surface area (Å²) in [7, 11) is 0. The third-order valence-electron chi connectivity index (χ3n) is 5.86. The number of aliphatic hydroxyl groups excluding tert-OH is 1. The Morgan fingerprint density at radius 1 is 1.21 bits per heavy atom. The topological polar surface area (TPSA) is 93.7 Å². The summed E-state index contributed by atoms with van der Waals surface area (Å²) in [4.78, 5) is 27.0. The van der Waals surface area contributed by atoms with E-state index < -0.39 is 23.9 Å². The van der Waals surface area contributed by atoms with Crippen LogP contribution in [0.25, 0.3) is 0 Å². The smallest absolute Gasteiger partial charge is 0.254 e. The minimum Gasteiger partial charge on any atom is -0.390 e. The van der Waals surface area contributed by atoms with Crippen LogP contribution in [-0.2, 0) is 11.2 Å². The monoisotopic (exact) mass is 470 g/mol. The Bertz CT molecular complexity index is 984. The molecule has 1 heterocycles. The Labute approximate surface area is 200 Å². The molecular formula is C26H35FN4O3. The van der Waals surface area contributed by atoms with Crippen molar-refractivity contribution in [3.8, 4) is 0 Å². The van der Waals surface area contributed by atoms with Gasteiger partial charge >= 0.3 is 0 Å². The molecule has 1 fully saturated rings. The van der Waals surface area contributed by atoms with Gasteiger partial charge in [-0.15, -0.1) is 0 Å². The van der Waals surface area contributed by atoms with E-state index in [9.17, 15) is 14.7 Å². The summed E-state index contributed by atoms with van der Waals surface area (Å²) in [6.45, 7) is 7.13. The molecule has 0 saturated carbocycles. The van der Waals surface area contributed by atoms with E-state index in [2.05, 4.69) is 16.0 Å². The number of carbonyl (C=O) groups is 2. The number of nitrogens with one attached hydrogen (secondary N) is 3. The number of rotatable bonds is 11. The Balaban J connectivity index is 1.89. The zero-order valence-electron chi connectivity index (χ0n) is 20.1. The van der Waals surface area contributed by atoms with Crippen molar-refractivity contribution in [2.45, 2.75) is 58.2 Å². The summed E-state index contributed by atoms with van der Waals surface area (Å²) in [5.74, 6) is -1.52. The van der Waals surface area contributed by atoms with Crippen molar-refractivity contribution >= 4 is 23.2 Å². The SMILES string of the molecule is CCNc1cc(C(=O)N[C@@H](Cc2ccccc2)[C@@H](O)CNC(C)C)c(F)c(N2CCCC2=O)c1. The fourth-order valence-electron chi connectivity index (χ4n) is 4.08. The molecule has 184 valence electrons. The second kappa shape index (κ2) is 11.9. The van der Waals surface area contributed by atoms with E-state index in [4.69, 9.17) is 0 Å². The van der Waals surface area contributed by atoms with Crippen molar-refractivity contribution in [2.24, 2.45) is 0 Å². The average molecular weight is 471 g/mol. The standard InChI is InChI=1S/C26H35FN4O3/c1-4-28-19-14-20(25(27)22(15-19)31-12-8-11-24(31)33)26(34)30-21(23(32)16-29-17(2)3)13-18-9-6-5-7-10-18/h5-7,9-10,14-15,17,21,23,28-29,32H,4,8,11-13,16H2,1-3H3,(H,30,34)/t21-,23-/m0/s1. The number of hydrogen-bond acceptors (Lipinski definition) is 5. The molecule has 2 atom stereocenters. The highest BCUT2D eigenvalue weighted by molar-refractivity contribution is 6.00. The number of aliphatic hydroxyl groups is 1. The minimum absolute atomic E-state index is 0.104. The Morgan fingerprint density at radius 2 is 1.94 bits per heavy atom. The Morgan fingerprint density at radius 3 is 2.56 bits per heavy atom. The van der Waals surface area contributed by atoms with Crippen LogP contribution in [0.3, 0.4) is 0 Å². The van der Waals surface area contributed by atoms with Crippen LogP contribution in [0.5, 0.6) is 0 Å². The van der Waals surface area contributed by atoms with E-state index in [1.54, 1.807) is 6.07 Å². The molecule has 1 aliphatic heterocycles. The van der Waals surface area contributed by atoms with Gasteiger partial charge in [-0.05, 0) is 37.5 Å². The molecule has 2 amide bonds. The predicted molar refractivity (Wildman–Crippen MR) is 133 cm³/mol. The third-order valence-corrected chi connectivity index (χ3v) is 5.86. The second-order valence-corrected chi connectivity index (χ2v) is 8.94. The molecule has 1 aliphatic rings. The van der Waals surface area contributed by atoms with Gasteiger partial charge in [0.25, 0.3) is 5.91 Å². The highest BCUT2D eigenvalue weighted by atomic mass is 19.1. The van der Waals surface area contributed by atoms with Crippen LogP contribution in [0.2, 0.25) is 0 Å². The van der Waals surface area contributed by atoms with Crippen LogP contribution in [0.15, 0.2) is 42.5 Å². The van der Waals surface area contributed by atoms with Gasteiger partial charge in [0, 0.05) is 37.8 Å². The third kappa shape index (κ3) is 6.55. The molecule has 2 aromatic carbocycles. The molecule has 4 N–H and O–H groups in total. The normalized spacial score (nSPS) is 15.5. The molecule has 0 unspecified atom stereocenters. The first-order chi connectivity index (χ1) is 16.3. The van der Waals surface area contributed by atoms with Gasteiger partial charge in [-0.2, -0.15) is 0 Å². The fraction of sp³-hybridized carbons (Fsp3) is 0.462. The zero-order valence-corrected chi connectivity index (χ0v) is 20.1. The van der Waals surface area contributed by atoms with Crippen molar-refractivity contribution in [3.05, 3.63) is 59.4 Å². The van der Waals surface area contributed by atoms with Crippen LogP contribution < -0.4 is 20.9 Å². The lowest BCUT2D eigenvalue weighted by Gasteiger charge is -2.26. The lowest BCUT2D eigenvalue weighted by atomic mass is 10.00. The van der Waals surface area contributed by atoms with Gasteiger partial charge in [0.1, 0.15) is 0 Å². The first-order valence-electron chi connectivity index (χ1n) is 11.9. The first-order valence-corrected chi connectivity index (χ1v) is 11.9. The zero-order chi connectivity index (χ0) is 24.7. The predicted octanol–water partition coefficient (Wildman–Crippen LogP) is 3.08. The number of carbonyl (C=O) groups excluding carboxylic acids is 2. The number of amides is 2. The van der Waals surface area contributed by atoms with Gasteiger partial charge < -0.3 is 26.0 Å². The molecule has 0 spiro atoms. The lowest BCUT2D eigenvalue weighted by Crippen LogP contribution is -2.49. The maximum atomic E-state index is 15.5. The van der Waals surface area contributed by atoms with Gasteiger partial charge in [0.2, 0.25) is 5.91 Å². The van der Waals surface area contributed by atoms with Crippen LogP contribution in [-0.4, -0.2) is 54.7 Å². The van der Waals surface area contributed by atoms with Crippen LogP contribution >= 0.6 is 0 Å². The lowest BCUT2D eigenvalue weighted by molar-refractivity contribution is -0.117. The van der Waals surface area contributed by atoms with Gasteiger partial charge in [-0.1, -0.05) is 44.2 Å². The molecular weight excluding hydrogens is 435 g/mol. The average Bonchev–Trinajstić information content (AvgIpc) is 3.24. The van der Waals surface area contributed by atoms with E-state index >= 15 is 4.39 Å². The van der Waals surface area contributed by atoms with Gasteiger partial charge in [-0.3, -0.25) is 9.59 Å². The van der Waals surface area contributed by atoms with Crippen molar-refractivity contribution in [1.82, 2.24) is 10.6 Å². The number of anilines is 2. The van der Waals surface area contributed by atoms with E-state index in [-0.39, 0.29) is 29.7 Å². The number of halogens is 1. The highest BCUT2D eigenvalue weighted by Gasteiger charge is 2.29. The molecule has 0 radical (unpaired) electrons. The molecule has 0 aromatic heterocycles. The summed E-state index contributed by atoms with van der Waals surface area (Å²) >= 11 is 0. The van der Waals surface area contributed by atoms with Gasteiger partial charge in [0.15, 0.2) is 5.82 Å². The van der Waals surface area contributed by atoms with Crippen molar-refractivity contribution < 1.29 is 19.1 Å². The number of nitrogens with zero attached hydrogens (tertiary/aromatic N) is 1. The van der Waals surface area contributed by atoms with Gasteiger partial charge in [0.05, 0.1) is 23.4 Å². The highest BCUT2D eigenvalue weighted by Crippen LogP contribution is 2.30. The van der Waals surface area contributed by atoms with E-state index in [1.165, 1.54) is 11.0 Å². The summed E-state index contributed by atoms with van der Waals surface area (Å²) in [6.07, 6.45) is 0.519. The molecule has 7 nitrogen and oxygen atoms in total. The summed E-state index contributed by atoms with van der Waals surface area (Å²) in [5.41, 5.74) is 1.45. The summed E-state index contributed by atoms with van der Waals surface area (Å²) < 4.78 is 15.5. The molecule has 1 saturated heterocycles. The summed E-state index contributed by atoms with van der Waals surface area (Å²) in [5, 5.41) is 20.0. The molecule has 34 heavy (non-hydrogen) atoms. The maximum absolute atomic E-state index is 15.5. The van der Waals surface area contributed by atoms with E-state index in [0.29, 0.717) is 38.0 Å². The van der Waals surface area contributed by atoms with E-state index in [1.807, 2.05) is 51.1 Å². The fourth-order valence-corrected chi connectivity index (χ4v) is 4.08. The molecule has 0 bridgehead atoms. The first kappa shape index (κ1) is 25.6. The minimum atomic E-state index is -0.883. The number of benzene rings is 2. The largest absolute Gasteiger partial charge is 0.390 e. The van der Waals surface area contributed by atoms with Crippen molar-refractivity contribution in [2.75, 3.05) is 29.9 Å². The molecule has 0 aliphatic carbocycles. The number of hydrogen-bond donors (Lipinski definition) is 4. The molecule has 3 rings (SSSR count). The van der Waals surface area contributed by atoms with Crippen molar-refractivity contribution in [1.29, 1.82) is 0 Å². The molecule has 2 aromatic rings. The Hall–Kier alpha value is -2.97.